The lowest BCUT2D eigenvalue weighted by molar-refractivity contribution is 0.545. The second kappa shape index (κ2) is 5.67. The average molecular weight is 300 g/mol. The summed E-state index contributed by atoms with van der Waals surface area (Å²) >= 11 is 5.07. The van der Waals surface area contributed by atoms with E-state index in [1.807, 2.05) is 19.1 Å². The van der Waals surface area contributed by atoms with E-state index in [1.54, 1.807) is 24.9 Å². The Kier molecular flexibility index (Phi) is 4.78. The summed E-state index contributed by atoms with van der Waals surface area (Å²) in [6.07, 6.45) is 2.39. The smallest absolute Gasteiger partial charge is 0.110 e. The molecule has 0 saturated carbocycles. The minimum atomic E-state index is -0.770. The molecule has 0 radical (unpaired) electrons. The van der Waals surface area contributed by atoms with Crippen molar-refractivity contribution >= 4 is 27.7 Å². The van der Waals surface area contributed by atoms with Crippen molar-refractivity contribution in [3.8, 4) is 6.07 Å². The predicted molar refractivity (Wildman–Crippen MR) is 70.1 cm³/mol. The second-order valence-electron chi connectivity index (χ2n) is 3.95. The van der Waals surface area contributed by atoms with Crippen LogP contribution in [0.2, 0.25) is 0 Å². The Morgan fingerprint density at radius 2 is 2.44 bits per heavy atom. The molecule has 1 heterocycles. The molecule has 0 saturated heterocycles. The Labute approximate surface area is 109 Å². The molecule has 0 spiro atoms. The molecule has 1 rings (SSSR count). The lowest BCUT2D eigenvalue weighted by Crippen LogP contribution is -2.36. The third kappa shape index (κ3) is 4.12. The highest BCUT2D eigenvalue weighted by Crippen LogP contribution is 2.31. The summed E-state index contributed by atoms with van der Waals surface area (Å²) < 4.78 is 0.975. The lowest BCUT2D eigenvalue weighted by Gasteiger charge is -2.20. The Hall–Kier alpha value is -0.570. The average Bonchev–Trinajstić information content (AvgIpc) is 2.21. The van der Waals surface area contributed by atoms with E-state index >= 15 is 0 Å². The molecule has 0 aliphatic heterocycles. The number of hydrogen-bond donors (Lipinski definition) is 1. The number of rotatable bonds is 4. The van der Waals surface area contributed by atoms with Gasteiger partial charge in [-0.25, -0.2) is 4.98 Å². The number of aromatic nitrogens is 1. The summed E-state index contributed by atoms with van der Waals surface area (Å²) in [6.45, 7) is 3.80. The fourth-order valence-electron chi connectivity index (χ4n) is 1.33. The summed E-state index contributed by atoms with van der Waals surface area (Å²) in [7, 11) is 0. The van der Waals surface area contributed by atoms with Crippen molar-refractivity contribution in [2.75, 3.05) is 0 Å². The van der Waals surface area contributed by atoms with E-state index in [9.17, 15) is 0 Å². The number of hydrogen-bond acceptors (Lipinski definition) is 4. The molecule has 0 aromatic carbocycles. The molecular formula is C11H14BrN3S. The molecule has 0 fully saturated rings. The van der Waals surface area contributed by atoms with Gasteiger partial charge in [0.1, 0.15) is 10.6 Å². The van der Waals surface area contributed by atoms with Crippen LogP contribution in [0.3, 0.4) is 0 Å². The first-order chi connectivity index (χ1) is 7.44. The number of halogens is 1. The van der Waals surface area contributed by atoms with Crippen molar-refractivity contribution in [2.24, 2.45) is 5.73 Å². The van der Waals surface area contributed by atoms with Crippen molar-refractivity contribution in [3.63, 3.8) is 0 Å². The molecule has 2 N–H and O–H groups in total. The van der Waals surface area contributed by atoms with Gasteiger partial charge in [-0.1, -0.05) is 6.92 Å². The van der Waals surface area contributed by atoms with E-state index in [0.29, 0.717) is 6.42 Å². The van der Waals surface area contributed by atoms with Crippen molar-refractivity contribution in [3.05, 3.63) is 22.8 Å². The van der Waals surface area contributed by atoms with Crippen molar-refractivity contribution in [2.45, 2.75) is 36.1 Å². The summed E-state index contributed by atoms with van der Waals surface area (Å²) in [5.41, 5.74) is 5.03. The third-order valence-corrected chi connectivity index (χ3v) is 4.02. The van der Waals surface area contributed by atoms with Crippen LogP contribution >= 0.6 is 27.7 Å². The number of pyridine rings is 1. The fourth-order valence-corrected chi connectivity index (χ4v) is 2.98. The molecular weight excluding hydrogens is 286 g/mol. The van der Waals surface area contributed by atoms with Crippen LogP contribution < -0.4 is 5.73 Å². The molecule has 1 aromatic rings. The maximum atomic E-state index is 8.85. The normalized spacial score (nSPS) is 16.2. The topological polar surface area (TPSA) is 62.7 Å². The summed E-state index contributed by atoms with van der Waals surface area (Å²) in [5, 5.41) is 10.0. The van der Waals surface area contributed by atoms with Crippen LogP contribution in [0.5, 0.6) is 0 Å². The van der Waals surface area contributed by atoms with Gasteiger partial charge in [-0.3, -0.25) is 0 Å². The Bertz CT molecular complexity index is 400. The first-order valence-electron chi connectivity index (χ1n) is 4.92. The highest BCUT2D eigenvalue weighted by molar-refractivity contribution is 9.10. The van der Waals surface area contributed by atoms with Gasteiger partial charge in [0.25, 0.3) is 0 Å². The van der Waals surface area contributed by atoms with Gasteiger partial charge in [0, 0.05) is 15.9 Å². The van der Waals surface area contributed by atoms with Crippen LogP contribution in [0, 0.1) is 11.3 Å². The molecule has 16 heavy (non-hydrogen) atoms. The van der Waals surface area contributed by atoms with E-state index in [2.05, 4.69) is 27.0 Å². The maximum absolute atomic E-state index is 8.85. The number of nitrogens with two attached hydrogens (primary N) is 1. The molecule has 5 heteroatoms. The predicted octanol–water partition coefficient (Wildman–Crippen LogP) is 2.96. The van der Waals surface area contributed by atoms with E-state index in [-0.39, 0.29) is 5.25 Å². The minimum absolute atomic E-state index is 0.251. The number of thioether (sulfide) groups is 1. The molecule has 2 unspecified atom stereocenters. The zero-order valence-electron chi connectivity index (χ0n) is 9.27. The quantitative estimate of drug-likeness (QED) is 0.868. The summed E-state index contributed by atoms with van der Waals surface area (Å²) in [6, 6.07) is 5.93. The lowest BCUT2D eigenvalue weighted by atomic mass is 10.00. The van der Waals surface area contributed by atoms with Crippen LogP contribution in [0.25, 0.3) is 0 Å². The van der Waals surface area contributed by atoms with E-state index in [0.717, 1.165) is 9.50 Å². The molecule has 3 nitrogen and oxygen atoms in total. The van der Waals surface area contributed by atoms with Crippen LogP contribution in [0.15, 0.2) is 27.8 Å². The van der Waals surface area contributed by atoms with Gasteiger partial charge in [0.2, 0.25) is 0 Å². The highest BCUT2D eigenvalue weighted by atomic mass is 79.9. The molecule has 86 valence electrons. The molecule has 0 bridgehead atoms. The third-order valence-electron chi connectivity index (χ3n) is 2.00. The van der Waals surface area contributed by atoms with E-state index in [1.165, 1.54) is 0 Å². The summed E-state index contributed by atoms with van der Waals surface area (Å²) in [5.74, 6) is 0. The largest absolute Gasteiger partial charge is 0.314 e. The summed E-state index contributed by atoms with van der Waals surface area (Å²) in [4.78, 5) is 4.27. The van der Waals surface area contributed by atoms with Gasteiger partial charge >= 0.3 is 0 Å². The number of nitriles is 1. The first-order valence-corrected chi connectivity index (χ1v) is 6.59. The van der Waals surface area contributed by atoms with Crippen LogP contribution in [-0.4, -0.2) is 15.8 Å². The Morgan fingerprint density at radius 1 is 1.75 bits per heavy atom. The fraction of sp³-hybridized carbons (Fsp3) is 0.455. The SMILES string of the molecule is CC(CC(C)(N)C#N)Sc1ncccc1Br. The Morgan fingerprint density at radius 3 is 3.00 bits per heavy atom. The van der Waals surface area contributed by atoms with Crippen molar-refractivity contribution < 1.29 is 0 Å². The van der Waals surface area contributed by atoms with E-state index < -0.39 is 5.54 Å². The zero-order valence-corrected chi connectivity index (χ0v) is 11.7. The molecule has 0 aliphatic rings. The number of nitrogens with zero attached hydrogens (tertiary/aromatic N) is 2. The maximum Gasteiger partial charge on any atom is 0.110 e. The van der Waals surface area contributed by atoms with Gasteiger partial charge in [-0.15, -0.1) is 11.8 Å². The standard InChI is InChI=1S/C11H14BrN3S/c1-8(6-11(2,14)7-13)16-10-9(12)4-3-5-15-10/h3-5,8H,6,14H2,1-2H3. The van der Waals surface area contributed by atoms with Crippen LogP contribution in [0.4, 0.5) is 0 Å². The van der Waals surface area contributed by atoms with Gasteiger partial charge < -0.3 is 5.73 Å². The zero-order chi connectivity index (χ0) is 12.2. The van der Waals surface area contributed by atoms with Crippen LogP contribution in [0.1, 0.15) is 20.3 Å². The van der Waals surface area contributed by atoms with Crippen molar-refractivity contribution in [1.29, 1.82) is 5.26 Å². The van der Waals surface area contributed by atoms with Gasteiger partial charge in [0.15, 0.2) is 0 Å². The highest BCUT2D eigenvalue weighted by Gasteiger charge is 2.22. The van der Waals surface area contributed by atoms with Gasteiger partial charge in [-0.05, 0) is 41.4 Å². The van der Waals surface area contributed by atoms with Gasteiger partial charge in [0.05, 0.1) is 6.07 Å². The van der Waals surface area contributed by atoms with Crippen molar-refractivity contribution in [1.82, 2.24) is 4.98 Å². The van der Waals surface area contributed by atoms with E-state index in [4.69, 9.17) is 11.0 Å². The molecule has 0 aliphatic carbocycles. The Balaban J connectivity index is 2.63. The second-order valence-corrected chi connectivity index (χ2v) is 6.23. The monoisotopic (exact) mass is 299 g/mol. The first kappa shape index (κ1) is 13.5. The van der Waals surface area contributed by atoms with Gasteiger partial charge in [-0.2, -0.15) is 5.26 Å². The van der Waals surface area contributed by atoms with Crippen LogP contribution in [-0.2, 0) is 0 Å². The molecule has 2 atom stereocenters. The molecule has 1 aromatic heterocycles. The minimum Gasteiger partial charge on any atom is -0.314 e. The molecule has 0 amide bonds.